The Morgan fingerprint density at radius 3 is 3.05 bits per heavy atom. The van der Waals surface area contributed by atoms with Crippen molar-refractivity contribution in [2.75, 3.05) is 5.32 Å². The van der Waals surface area contributed by atoms with Crippen molar-refractivity contribution in [3.8, 4) is 10.6 Å². The normalized spacial score (nSPS) is 10.8. The second-order valence-electron chi connectivity index (χ2n) is 3.94. The van der Waals surface area contributed by atoms with Gasteiger partial charge in [0.05, 0.1) is 6.20 Å². The summed E-state index contributed by atoms with van der Waals surface area (Å²) in [6.45, 7) is 1.49. The molecule has 0 aliphatic heterocycles. The Kier molecular flexibility index (Phi) is 3.23. The number of imidazole rings is 1. The van der Waals surface area contributed by atoms with Crippen LogP contribution in [-0.4, -0.2) is 20.5 Å². The summed E-state index contributed by atoms with van der Waals surface area (Å²) in [5.74, 6) is -0.0827. The maximum Gasteiger partial charge on any atom is 0.221 e. The van der Waals surface area contributed by atoms with Crippen molar-refractivity contribution in [2.45, 2.75) is 6.92 Å². The van der Waals surface area contributed by atoms with Crippen LogP contribution in [0.4, 0.5) is 5.69 Å². The second-order valence-corrected chi connectivity index (χ2v) is 6.01. The molecule has 3 rings (SSSR count). The lowest BCUT2D eigenvalue weighted by Crippen LogP contribution is -2.05. The van der Waals surface area contributed by atoms with Crippen LogP contribution < -0.4 is 5.32 Å². The summed E-state index contributed by atoms with van der Waals surface area (Å²) in [5.41, 5.74) is 1.74. The smallest absolute Gasteiger partial charge is 0.221 e. The molecule has 19 heavy (non-hydrogen) atoms. The lowest BCUT2D eigenvalue weighted by molar-refractivity contribution is -0.114. The highest BCUT2D eigenvalue weighted by Crippen LogP contribution is 2.28. The molecule has 1 aromatic carbocycles. The molecule has 0 radical (unpaired) electrons. The van der Waals surface area contributed by atoms with Crippen molar-refractivity contribution in [3.05, 3.63) is 34.2 Å². The number of hydrogen-bond donors (Lipinski definition) is 1. The third kappa shape index (κ3) is 2.47. The van der Waals surface area contributed by atoms with Gasteiger partial charge in [-0.05, 0) is 34.7 Å². The largest absolute Gasteiger partial charge is 0.326 e. The zero-order valence-corrected chi connectivity index (χ0v) is 12.9. The van der Waals surface area contributed by atoms with Crippen LogP contribution >= 0.6 is 33.9 Å². The zero-order chi connectivity index (χ0) is 13.4. The van der Waals surface area contributed by atoms with Gasteiger partial charge in [-0.3, -0.25) is 4.79 Å². The van der Waals surface area contributed by atoms with Gasteiger partial charge in [0.2, 0.25) is 10.9 Å². The number of anilines is 1. The predicted octanol–water partition coefficient (Wildman–Crippen LogP) is 3.02. The van der Waals surface area contributed by atoms with E-state index in [-0.39, 0.29) is 5.91 Å². The first-order valence-electron chi connectivity index (χ1n) is 5.51. The van der Waals surface area contributed by atoms with Crippen LogP contribution in [0.2, 0.25) is 0 Å². The number of amides is 1. The molecular formula is C12H9IN4OS. The first-order chi connectivity index (χ1) is 9.13. The van der Waals surface area contributed by atoms with E-state index in [0.29, 0.717) is 0 Å². The molecule has 0 saturated carbocycles. The first-order valence-corrected chi connectivity index (χ1v) is 7.41. The number of carbonyl (C=O) groups is 1. The van der Waals surface area contributed by atoms with E-state index in [2.05, 4.69) is 38.0 Å². The number of rotatable bonds is 2. The fourth-order valence-corrected chi connectivity index (χ4v) is 3.23. The fraction of sp³-hybridized carbons (Fsp3) is 0.0833. The monoisotopic (exact) mass is 384 g/mol. The Bertz CT molecular complexity index is 764. The first kappa shape index (κ1) is 12.5. The van der Waals surface area contributed by atoms with E-state index in [1.54, 1.807) is 6.20 Å². The van der Waals surface area contributed by atoms with Gasteiger partial charge in [-0.2, -0.15) is 9.61 Å². The van der Waals surface area contributed by atoms with Crippen molar-refractivity contribution < 1.29 is 4.79 Å². The summed E-state index contributed by atoms with van der Waals surface area (Å²) < 4.78 is 2.79. The maximum atomic E-state index is 11.1. The average Bonchev–Trinajstić information content (AvgIpc) is 2.92. The number of fused-ring (bicyclic) bond motifs is 1. The van der Waals surface area contributed by atoms with Crippen LogP contribution in [0.15, 0.2) is 30.5 Å². The van der Waals surface area contributed by atoms with Gasteiger partial charge in [0.25, 0.3) is 0 Å². The molecule has 0 aliphatic rings. The Labute approximate surface area is 126 Å². The third-order valence-electron chi connectivity index (χ3n) is 2.47. The van der Waals surface area contributed by atoms with E-state index in [9.17, 15) is 4.79 Å². The van der Waals surface area contributed by atoms with Crippen LogP contribution in [0.5, 0.6) is 0 Å². The minimum Gasteiger partial charge on any atom is -0.326 e. The molecular weight excluding hydrogens is 375 g/mol. The second kappa shape index (κ2) is 4.89. The Morgan fingerprint density at radius 2 is 2.32 bits per heavy atom. The molecule has 1 amide bonds. The average molecular weight is 384 g/mol. The number of nitrogens with one attached hydrogen (secondary N) is 1. The standard InChI is InChI=1S/C12H9IN4OS/c1-7(18)15-9-4-2-3-8(5-9)11-16-17-10(13)6-14-12(17)19-11/h2-6H,1H3,(H,15,18). The summed E-state index contributed by atoms with van der Waals surface area (Å²) >= 11 is 3.72. The Hall–Kier alpha value is -1.48. The summed E-state index contributed by atoms with van der Waals surface area (Å²) in [6.07, 6.45) is 1.79. The highest BCUT2D eigenvalue weighted by molar-refractivity contribution is 14.1. The molecule has 0 saturated heterocycles. The highest BCUT2D eigenvalue weighted by Gasteiger charge is 2.10. The lowest BCUT2D eigenvalue weighted by atomic mass is 10.2. The predicted molar refractivity (Wildman–Crippen MR) is 83.3 cm³/mol. The molecule has 0 unspecified atom stereocenters. The number of aromatic nitrogens is 3. The summed E-state index contributed by atoms with van der Waals surface area (Å²) in [6, 6.07) is 7.63. The molecule has 5 nitrogen and oxygen atoms in total. The van der Waals surface area contributed by atoms with E-state index < -0.39 is 0 Å². The number of nitrogens with zero attached hydrogens (tertiary/aromatic N) is 3. The van der Waals surface area contributed by atoms with Crippen molar-refractivity contribution in [2.24, 2.45) is 0 Å². The molecule has 7 heteroatoms. The molecule has 0 atom stereocenters. The third-order valence-corrected chi connectivity index (χ3v) is 4.18. The molecule has 0 spiro atoms. The van der Waals surface area contributed by atoms with Gasteiger partial charge in [0, 0.05) is 18.2 Å². The molecule has 2 aromatic heterocycles. The van der Waals surface area contributed by atoms with Crippen LogP contribution in [0.3, 0.4) is 0 Å². The van der Waals surface area contributed by atoms with E-state index in [4.69, 9.17) is 0 Å². The van der Waals surface area contributed by atoms with E-state index in [1.165, 1.54) is 18.3 Å². The molecule has 2 heterocycles. The SMILES string of the molecule is CC(=O)Nc1cccc(-c2nn3c(I)cnc3s2)c1. The van der Waals surface area contributed by atoms with E-state index in [1.807, 2.05) is 28.8 Å². The van der Waals surface area contributed by atoms with E-state index in [0.717, 1.165) is 24.9 Å². The summed E-state index contributed by atoms with van der Waals surface area (Å²) in [5, 5.41) is 8.17. The van der Waals surface area contributed by atoms with Gasteiger partial charge < -0.3 is 5.32 Å². The molecule has 0 aliphatic carbocycles. The van der Waals surface area contributed by atoms with Crippen LogP contribution in [0.1, 0.15) is 6.92 Å². The van der Waals surface area contributed by atoms with Crippen LogP contribution in [0, 0.1) is 3.70 Å². The number of halogens is 1. The minimum atomic E-state index is -0.0827. The Balaban J connectivity index is 2.03. The van der Waals surface area contributed by atoms with Gasteiger partial charge in [0.15, 0.2) is 0 Å². The van der Waals surface area contributed by atoms with Gasteiger partial charge in [-0.1, -0.05) is 23.5 Å². The highest BCUT2D eigenvalue weighted by atomic mass is 127. The van der Waals surface area contributed by atoms with Gasteiger partial charge in [-0.15, -0.1) is 0 Å². The minimum absolute atomic E-state index is 0.0827. The van der Waals surface area contributed by atoms with Crippen molar-refractivity contribution in [3.63, 3.8) is 0 Å². The van der Waals surface area contributed by atoms with Crippen molar-refractivity contribution >= 4 is 50.5 Å². The molecule has 0 bridgehead atoms. The Morgan fingerprint density at radius 1 is 1.47 bits per heavy atom. The molecule has 3 aromatic rings. The summed E-state index contributed by atoms with van der Waals surface area (Å²) in [4.78, 5) is 16.2. The van der Waals surface area contributed by atoms with E-state index >= 15 is 0 Å². The molecule has 96 valence electrons. The number of benzene rings is 1. The van der Waals surface area contributed by atoms with Crippen molar-refractivity contribution in [1.29, 1.82) is 0 Å². The van der Waals surface area contributed by atoms with Crippen LogP contribution in [-0.2, 0) is 4.79 Å². The fourth-order valence-electron chi connectivity index (χ4n) is 1.72. The number of carbonyl (C=O) groups excluding carboxylic acids is 1. The molecule has 1 N–H and O–H groups in total. The lowest BCUT2D eigenvalue weighted by Gasteiger charge is -2.03. The topological polar surface area (TPSA) is 59.3 Å². The zero-order valence-electron chi connectivity index (χ0n) is 9.92. The quantitative estimate of drug-likeness (QED) is 0.692. The number of hydrogen-bond acceptors (Lipinski definition) is 4. The summed E-state index contributed by atoms with van der Waals surface area (Å²) in [7, 11) is 0. The van der Waals surface area contributed by atoms with Gasteiger partial charge in [-0.25, -0.2) is 4.98 Å². The van der Waals surface area contributed by atoms with Gasteiger partial charge >= 0.3 is 0 Å². The maximum absolute atomic E-state index is 11.1. The van der Waals surface area contributed by atoms with Crippen molar-refractivity contribution in [1.82, 2.24) is 14.6 Å². The molecule has 0 fully saturated rings. The van der Waals surface area contributed by atoms with Gasteiger partial charge in [0.1, 0.15) is 8.71 Å². The van der Waals surface area contributed by atoms with Crippen LogP contribution in [0.25, 0.3) is 15.5 Å².